The minimum absolute atomic E-state index is 0.0271. The lowest BCUT2D eigenvalue weighted by molar-refractivity contribution is -0.157. The molecule has 1 aliphatic heterocycles. The van der Waals surface area contributed by atoms with Gasteiger partial charge in [0.2, 0.25) is 0 Å². The lowest BCUT2D eigenvalue weighted by Gasteiger charge is -2.39. The summed E-state index contributed by atoms with van der Waals surface area (Å²) in [5.41, 5.74) is 2.09. The molecule has 0 N–H and O–H groups in total. The lowest BCUT2D eigenvalue weighted by Crippen LogP contribution is -2.47. The van der Waals surface area contributed by atoms with Crippen LogP contribution in [0.3, 0.4) is 0 Å². The van der Waals surface area contributed by atoms with Gasteiger partial charge in [-0.25, -0.2) is 0 Å². The van der Waals surface area contributed by atoms with Gasteiger partial charge in [-0.1, -0.05) is 49.4 Å². The topological polar surface area (TPSA) is 38.8 Å². The Labute approximate surface area is 168 Å². The van der Waals surface area contributed by atoms with E-state index in [9.17, 15) is 4.79 Å². The summed E-state index contributed by atoms with van der Waals surface area (Å²) in [6.07, 6.45) is 1.47. The molecule has 4 unspecified atom stereocenters. The van der Waals surface area contributed by atoms with Crippen molar-refractivity contribution in [2.45, 2.75) is 44.8 Å². The number of piperidine rings is 1. The van der Waals surface area contributed by atoms with Gasteiger partial charge in [0.25, 0.3) is 0 Å². The molecule has 0 spiro atoms. The van der Waals surface area contributed by atoms with Crippen molar-refractivity contribution in [2.24, 2.45) is 5.92 Å². The Kier molecular flexibility index (Phi) is 6.74. The number of ether oxygens (including phenoxy) is 2. The van der Waals surface area contributed by atoms with Crippen LogP contribution in [-0.4, -0.2) is 43.7 Å². The van der Waals surface area contributed by atoms with Crippen LogP contribution >= 0.6 is 0 Å². The van der Waals surface area contributed by atoms with Gasteiger partial charge in [-0.05, 0) is 50.1 Å². The van der Waals surface area contributed by atoms with E-state index in [0.29, 0.717) is 18.4 Å². The third-order valence-corrected chi connectivity index (χ3v) is 5.89. The van der Waals surface area contributed by atoms with Crippen LogP contribution in [0.4, 0.5) is 0 Å². The average molecular weight is 382 g/mol. The molecule has 0 aromatic heterocycles. The number of methoxy groups -OCH3 is 1. The zero-order chi connectivity index (χ0) is 20.1. The molecule has 28 heavy (non-hydrogen) atoms. The molecule has 2 aromatic carbocycles. The van der Waals surface area contributed by atoms with Crippen LogP contribution in [0.1, 0.15) is 37.3 Å². The van der Waals surface area contributed by atoms with Gasteiger partial charge in [0.05, 0.1) is 13.0 Å². The number of nitrogens with zero attached hydrogens (tertiary/aromatic N) is 1. The van der Waals surface area contributed by atoms with Gasteiger partial charge in [0.15, 0.2) is 0 Å². The molecule has 1 saturated heterocycles. The first-order valence-electron chi connectivity index (χ1n) is 10.1. The lowest BCUT2D eigenvalue weighted by atomic mass is 9.90. The number of benzene rings is 2. The maximum atomic E-state index is 13.2. The number of carbonyl (C=O) groups is 1. The summed E-state index contributed by atoms with van der Waals surface area (Å²) in [6.45, 7) is 5.31. The number of carbonyl (C=O) groups excluding carboxylic acids is 1. The molecule has 1 aliphatic rings. The third-order valence-electron chi connectivity index (χ3n) is 5.89. The highest BCUT2D eigenvalue weighted by Crippen LogP contribution is 2.28. The molecule has 4 atom stereocenters. The maximum absolute atomic E-state index is 13.2. The van der Waals surface area contributed by atoms with Gasteiger partial charge in [-0.15, -0.1) is 0 Å². The van der Waals surface area contributed by atoms with Crippen molar-refractivity contribution >= 4 is 5.97 Å². The highest BCUT2D eigenvalue weighted by molar-refractivity contribution is 5.78. The monoisotopic (exact) mass is 381 g/mol. The Bertz CT molecular complexity index is 759. The molecule has 2 aromatic rings. The van der Waals surface area contributed by atoms with Gasteiger partial charge in [-0.3, -0.25) is 4.79 Å². The molecule has 0 bridgehead atoms. The zero-order valence-corrected chi connectivity index (χ0v) is 17.3. The van der Waals surface area contributed by atoms with Crippen LogP contribution < -0.4 is 4.74 Å². The molecule has 150 valence electrons. The number of esters is 1. The van der Waals surface area contributed by atoms with Gasteiger partial charge >= 0.3 is 5.97 Å². The van der Waals surface area contributed by atoms with E-state index in [1.54, 1.807) is 7.11 Å². The fraction of sp³-hybridized carbons (Fsp3) is 0.458. The van der Waals surface area contributed by atoms with E-state index in [4.69, 9.17) is 9.47 Å². The third kappa shape index (κ3) is 4.93. The summed E-state index contributed by atoms with van der Waals surface area (Å²) in [7, 11) is 3.79. The van der Waals surface area contributed by atoms with Gasteiger partial charge < -0.3 is 14.4 Å². The molecular weight excluding hydrogens is 350 g/mol. The predicted octanol–water partition coefficient (Wildman–Crippen LogP) is 4.29. The second kappa shape index (κ2) is 9.24. The Morgan fingerprint density at radius 1 is 1.11 bits per heavy atom. The first kappa shape index (κ1) is 20.4. The second-order valence-electron chi connectivity index (χ2n) is 7.99. The first-order valence-corrected chi connectivity index (χ1v) is 10.1. The van der Waals surface area contributed by atoms with Crippen molar-refractivity contribution in [2.75, 3.05) is 20.7 Å². The van der Waals surface area contributed by atoms with Crippen molar-refractivity contribution in [3.63, 3.8) is 0 Å². The normalized spacial score (nSPS) is 23.8. The molecular formula is C24H31NO3. The molecule has 1 fully saturated rings. The fourth-order valence-electron chi connectivity index (χ4n) is 3.92. The van der Waals surface area contributed by atoms with Crippen LogP contribution in [0.25, 0.3) is 0 Å². The summed E-state index contributed by atoms with van der Waals surface area (Å²) in [4.78, 5) is 15.5. The van der Waals surface area contributed by atoms with Crippen molar-refractivity contribution in [1.29, 1.82) is 0 Å². The number of hydrogen-bond donors (Lipinski definition) is 0. The van der Waals surface area contributed by atoms with E-state index in [2.05, 4.69) is 25.8 Å². The fourth-order valence-corrected chi connectivity index (χ4v) is 3.92. The minimum Gasteiger partial charge on any atom is -0.497 e. The summed E-state index contributed by atoms with van der Waals surface area (Å²) in [5.74, 6) is 0.715. The average Bonchev–Trinajstić information content (AvgIpc) is 2.71. The van der Waals surface area contributed by atoms with Crippen molar-refractivity contribution in [1.82, 2.24) is 4.90 Å². The van der Waals surface area contributed by atoms with E-state index < -0.39 is 0 Å². The Hall–Kier alpha value is -2.33. The molecule has 3 rings (SSSR count). The quantitative estimate of drug-likeness (QED) is 0.700. The Morgan fingerprint density at radius 3 is 2.43 bits per heavy atom. The van der Waals surface area contributed by atoms with E-state index in [0.717, 1.165) is 29.8 Å². The summed E-state index contributed by atoms with van der Waals surface area (Å²) in [5, 5.41) is 0. The minimum atomic E-state index is -0.309. The molecule has 0 saturated carbocycles. The number of likely N-dealkylation sites (tertiary alicyclic amines) is 1. The Morgan fingerprint density at radius 2 is 1.79 bits per heavy atom. The zero-order valence-electron chi connectivity index (χ0n) is 17.3. The molecule has 0 amide bonds. The highest BCUT2D eigenvalue weighted by Gasteiger charge is 2.33. The highest BCUT2D eigenvalue weighted by atomic mass is 16.5. The summed E-state index contributed by atoms with van der Waals surface area (Å²) < 4.78 is 11.3. The Balaban J connectivity index is 1.77. The molecule has 1 heterocycles. The van der Waals surface area contributed by atoms with Gasteiger partial charge in [0, 0.05) is 18.5 Å². The second-order valence-corrected chi connectivity index (χ2v) is 7.99. The van der Waals surface area contributed by atoms with Gasteiger partial charge in [-0.2, -0.15) is 0 Å². The van der Waals surface area contributed by atoms with Crippen LogP contribution in [0.15, 0.2) is 54.6 Å². The van der Waals surface area contributed by atoms with Crippen LogP contribution in [0.5, 0.6) is 5.75 Å². The van der Waals surface area contributed by atoms with E-state index in [1.807, 2.05) is 54.6 Å². The maximum Gasteiger partial charge on any atom is 0.314 e. The largest absolute Gasteiger partial charge is 0.497 e. The summed E-state index contributed by atoms with van der Waals surface area (Å²) >= 11 is 0. The van der Waals surface area contributed by atoms with Crippen LogP contribution in [-0.2, 0) is 16.0 Å². The van der Waals surface area contributed by atoms with E-state index in [-0.39, 0.29) is 18.0 Å². The van der Waals surface area contributed by atoms with E-state index in [1.165, 1.54) is 0 Å². The van der Waals surface area contributed by atoms with Crippen LogP contribution in [0.2, 0.25) is 0 Å². The van der Waals surface area contributed by atoms with Crippen LogP contribution in [0, 0.1) is 5.92 Å². The molecule has 0 radical (unpaired) electrons. The summed E-state index contributed by atoms with van der Waals surface area (Å²) in [6, 6.07) is 18.3. The SMILES string of the molecule is COc1ccc(CC(C(=O)OC2CC(C)N(C)CC2C)c2ccccc2)cc1. The van der Waals surface area contributed by atoms with Crippen molar-refractivity contribution in [3.05, 3.63) is 65.7 Å². The van der Waals surface area contributed by atoms with E-state index >= 15 is 0 Å². The van der Waals surface area contributed by atoms with Crippen molar-refractivity contribution in [3.8, 4) is 5.75 Å². The number of hydrogen-bond acceptors (Lipinski definition) is 4. The molecule has 4 nitrogen and oxygen atoms in total. The smallest absolute Gasteiger partial charge is 0.314 e. The predicted molar refractivity (Wildman–Crippen MR) is 112 cm³/mol. The molecule has 4 heteroatoms. The molecule has 0 aliphatic carbocycles. The number of rotatable bonds is 6. The first-order chi connectivity index (χ1) is 13.5. The standard InChI is InChI=1S/C24H31NO3/c1-17-16-25(3)18(2)14-23(17)28-24(26)22(20-8-6-5-7-9-20)15-19-10-12-21(27-4)13-11-19/h5-13,17-18,22-23H,14-16H2,1-4H3. The van der Waals surface area contributed by atoms with Gasteiger partial charge in [0.1, 0.15) is 11.9 Å². The van der Waals surface area contributed by atoms with Crippen molar-refractivity contribution < 1.29 is 14.3 Å².